The van der Waals surface area contributed by atoms with Gasteiger partial charge in [-0.2, -0.15) is 0 Å². The van der Waals surface area contributed by atoms with Gasteiger partial charge < -0.3 is 10.1 Å². The molecule has 0 radical (unpaired) electrons. The van der Waals surface area contributed by atoms with Gasteiger partial charge in [0, 0.05) is 15.7 Å². The molecular weight excluding hydrogens is 330 g/mol. The molecule has 0 aromatic heterocycles. The quantitative estimate of drug-likeness (QED) is 0.882. The second kappa shape index (κ2) is 5.90. The van der Waals surface area contributed by atoms with E-state index >= 15 is 0 Å². The van der Waals surface area contributed by atoms with Crippen molar-refractivity contribution in [3.05, 3.63) is 58.1 Å². The monoisotopic (exact) mass is 345 g/mol. The lowest BCUT2D eigenvalue weighted by Gasteiger charge is -2.25. The number of para-hydroxylation sites is 1. The average molecular weight is 346 g/mol. The molecule has 1 atom stereocenters. The number of rotatable bonds is 2. The Labute approximate surface area is 132 Å². The van der Waals surface area contributed by atoms with E-state index in [-0.39, 0.29) is 11.8 Å². The molecule has 1 N–H and O–H groups in total. The SMILES string of the molecule is Cc1ccc(Br)cc1NC(=O)C1CCOc2ccccc21. The number of ether oxygens (including phenoxy) is 1. The van der Waals surface area contributed by atoms with Crippen LogP contribution >= 0.6 is 15.9 Å². The van der Waals surface area contributed by atoms with Gasteiger partial charge >= 0.3 is 0 Å². The standard InChI is InChI=1S/C17H16BrNO2/c1-11-6-7-12(18)10-15(11)19-17(20)14-8-9-21-16-5-3-2-4-13(14)16/h2-7,10,14H,8-9H2,1H3,(H,19,20). The first-order valence-electron chi connectivity index (χ1n) is 6.94. The van der Waals surface area contributed by atoms with Crippen LogP contribution in [0.15, 0.2) is 46.9 Å². The molecule has 108 valence electrons. The van der Waals surface area contributed by atoms with Crippen LogP contribution in [-0.4, -0.2) is 12.5 Å². The lowest BCUT2D eigenvalue weighted by molar-refractivity contribution is -0.118. The Morgan fingerprint density at radius 3 is 2.95 bits per heavy atom. The number of hydrogen-bond acceptors (Lipinski definition) is 2. The van der Waals surface area contributed by atoms with Gasteiger partial charge in [0.05, 0.1) is 12.5 Å². The number of halogens is 1. The lowest BCUT2D eigenvalue weighted by Crippen LogP contribution is -2.26. The van der Waals surface area contributed by atoms with Crippen LogP contribution in [0.2, 0.25) is 0 Å². The summed E-state index contributed by atoms with van der Waals surface area (Å²) in [5.41, 5.74) is 2.86. The fraction of sp³-hybridized carbons (Fsp3) is 0.235. The Morgan fingerprint density at radius 1 is 1.29 bits per heavy atom. The molecule has 0 saturated carbocycles. The topological polar surface area (TPSA) is 38.3 Å². The van der Waals surface area contributed by atoms with Gasteiger partial charge in [-0.25, -0.2) is 0 Å². The van der Waals surface area contributed by atoms with Gasteiger partial charge in [0.2, 0.25) is 5.91 Å². The maximum absolute atomic E-state index is 12.6. The highest BCUT2D eigenvalue weighted by Gasteiger charge is 2.27. The molecule has 0 bridgehead atoms. The van der Waals surface area contributed by atoms with E-state index in [1.54, 1.807) is 0 Å². The van der Waals surface area contributed by atoms with Crippen molar-refractivity contribution >= 4 is 27.5 Å². The summed E-state index contributed by atoms with van der Waals surface area (Å²) in [6.45, 7) is 2.56. The summed E-state index contributed by atoms with van der Waals surface area (Å²) < 4.78 is 6.56. The number of benzene rings is 2. The Hall–Kier alpha value is -1.81. The van der Waals surface area contributed by atoms with Gasteiger partial charge in [0.1, 0.15) is 5.75 Å². The normalized spacial score (nSPS) is 16.8. The highest BCUT2D eigenvalue weighted by atomic mass is 79.9. The molecule has 0 aliphatic carbocycles. The summed E-state index contributed by atoms with van der Waals surface area (Å²) >= 11 is 3.44. The van der Waals surface area contributed by atoms with Crippen molar-refractivity contribution in [3.8, 4) is 5.75 Å². The molecule has 21 heavy (non-hydrogen) atoms. The van der Waals surface area contributed by atoms with E-state index in [0.29, 0.717) is 13.0 Å². The van der Waals surface area contributed by atoms with Crippen molar-refractivity contribution in [2.45, 2.75) is 19.3 Å². The van der Waals surface area contributed by atoms with Gasteiger partial charge in [-0.1, -0.05) is 40.2 Å². The zero-order valence-corrected chi connectivity index (χ0v) is 13.3. The molecule has 1 aliphatic heterocycles. The van der Waals surface area contributed by atoms with Crippen molar-refractivity contribution in [1.82, 2.24) is 0 Å². The van der Waals surface area contributed by atoms with E-state index in [4.69, 9.17) is 4.74 Å². The average Bonchev–Trinajstić information content (AvgIpc) is 2.50. The number of aryl methyl sites for hydroxylation is 1. The summed E-state index contributed by atoms with van der Waals surface area (Å²) in [5, 5.41) is 3.04. The van der Waals surface area contributed by atoms with Gasteiger partial charge in [0.15, 0.2) is 0 Å². The van der Waals surface area contributed by atoms with Crippen LogP contribution in [0, 0.1) is 6.92 Å². The third kappa shape index (κ3) is 2.95. The molecule has 3 nitrogen and oxygen atoms in total. The molecule has 1 heterocycles. The molecule has 4 heteroatoms. The van der Waals surface area contributed by atoms with E-state index in [9.17, 15) is 4.79 Å². The predicted octanol–water partition coefficient (Wildman–Crippen LogP) is 4.26. The summed E-state index contributed by atoms with van der Waals surface area (Å²) in [4.78, 5) is 12.6. The van der Waals surface area contributed by atoms with Gasteiger partial charge in [-0.15, -0.1) is 0 Å². The van der Waals surface area contributed by atoms with Crippen molar-refractivity contribution in [3.63, 3.8) is 0 Å². The van der Waals surface area contributed by atoms with E-state index in [1.807, 2.05) is 49.4 Å². The minimum Gasteiger partial charge on any atom is -0.493 e. The van der Waals surface area contributed by atoms with Crippen LogP contribution in [0.25, 0.3) is 0 Å². The van der Waals surface area contributed by atoms with Crippen LogP contribution in [-0.2, 0) is 4.79 Å². The molecule has 1 aliphatic rings. The Balaban J connectivity index is 1.85. The first-order chi connectivity index (χ1) is 10.1. The molecule has 0 fully saturated rings. The summed E-state index contributed by atoms with van der Waals surface area (Å²) in [6, 6.07) is 13.6. The summed E-state index contributed by atoms with van der Waals surface area (Å²) in [5.74, 6) is 0.676. The second-order valence-corrected chi connectivity index (χ2v) is 6.09. The van der Waals surface area contributed by atoms with Crippen LogP contribution in [0.1, 0.15) is 23.5 Å². The van der Waals surface area contributed by atoms with Crippen LogP contribution < -0.4 is 10.1 Å². The van der Waals surface area contributed by atoms with E-state index in [0.717, 1.165) is 27.0 Å². The Bertz CT molecular complexity index is 684. The maximum Gasteiger partial charge on any atom is 0.232 e. The van der Waals surface area contributed by atoms with Gasteiger partial charge in [0.25, 0.3) is 0 Å². The van der Waals surface area contributed by atoms with Crippen molar-refractivity contribution in [2.24, 2.45) is 0 Å². The Kier molecular flexibility index (Phi) is 3.97. The van der Waals surface area contributed by atoms with Gasteiger partial charge in [-0.3, -0.25) is 4.79 Å². The molecule has 0 spiro atoms. The minimum absolute atomic E-state index is 0.0203. The molecule has 0 saturated heterocycles. The van der Waals surface area contributed by atoms with Crippen LogP contribution in [0.5, 0.6) is 5.75 Å². The third-order valence-electron chi connectivity index (χ3n) is 3.73. The molecule has 1 unspecified atom stereocenters. The number of carbonyl (C=O) groups excluding carboxylic acids is 1. The fourth-order valence-electron chi connectivity index (χ4n) is 2.56. The third-order valence-corrected chi connectivity index (χ3v) is 4.23. The summed E-state index contributed by atoms with van der Waals surface area (Å²) in [6.07, 6.45) is 0.704. The zero-order chi connectivity index (χ0) is 14.8. The smallest absolute Gasteiger partial charge is 0.232 e. The highest BCUT2D eigenvalue weighted by Crippen LogP contribution is 2.34. The number of amides is 1. The lowest BCUT2D eigenvalue weighted by atomic mass is 9.92. The predicted molar refractivity (Wildman–Crippen MR) is 86.8 cm³/mol. The minimum atomic E-state index is -0.159. The molecule has 2 aromatic rings. The summed E-state index contributed by atoms with van der Waals surface area (Å²) in [7, 11) is 0. The largest absolute Gasteiger partial charge is 0.493 e. The van der Waals surface area contributed by atoms with Crippen LogP contribution in [0.3, 0.4) is 0 Å². The van der Waals surface area contributed by atoms with E-state index in [1.165, 1.54) is 0 Å². The zero-order valence-electron chi connectivity index (χ0n) is 11.7. The van der Waals surface area contributed by atoms with E-state index in [2.05, 4.69) is 21.2 Å². The van der Waals surface area contributed by atoms with Crippen LogP contribution in [0.4, 0.5) is 5.69 Å². The van der Waals surface area contributed by atoms with Crippen molar-refractivity contribution in [1.29, 1.82) is 0 Å². The molecule has 3 rings (SSSR count). The molecule has 1 amide bonds. The van der Waals surface area contributed by atoms with E-state index < -0.39 is 0 Å². The second-order valence-electron chi connectivity index (χ2n) is 5.18. The Morgan fingerprint density at radius 2 is 2.10 bits per heavy atom. The molecule has 2 aromatic carbocycles. The number of carbonyl (C=O) groups is 1. The number of nitrogens with one attached hydrogen (secondary N) is 1. The maximum atomic E-state index is 12.6. The molecular formula is C17H16BrNO2. The fourth-order valence-corrected chi connectivity index (χ4v) is 2.92. The number of fused-ring (bicyclic) bond motifs is 1. The highest BCUT2D eigenvalue weighted by molar-refractivity contribution is 9.10. The van der Waals surface area contributed by atoms with Crippen molar-refractivity contribution < 1.29 is 9.53 Å². The first kappa shape index (κ1) is 14.1. The number of hydrogen-bond donors (Lipinski definition) is 1. The number of anilines is 1. The first-order valence-corrected chi connectivity index (χ1v) is 7.73. The van der Waals surface area contributed by atoms with Gasteiger partial charge in [-0.05, 0) is 37.1 Å². The van der Waals surface area contributed by atoms with Crippen molar-refractivity contribution in [2.75, 3.05) is 11.9 Å².